The number of hydrogen-bond acceptors (Lipinski definition) is 3. The average Bonchev–Trinajstić information content (AvgIpc) is 2.80. The lowest BCUT2D eigenvalue weighted by Gasteiger charge is -2.28. The minimum Gasteiger partial charge on any atom is -0.464 e. The van der Waals surface area contributed by atoms with E-state index in [1.807, 2.05) is 32.0 Å². The highest BCUT2D eigenvalue weighted by Gasteiger charge is 2.36. The largest absolute Gasteiger partial charge is 0.464 e. The molecule has 1 atom stereocenters. The third-order valence-corrected chi connectivity index (χ3v) is 3.45. The quantitative estimate of drug-likeness (QED) is 0.628. The molecule has 1 amide bonds. The predicted molar refractivity (Wildman–Crippen MR) is 77.6 cm³/mol. The highest BCUT2D eigenvalue weighted by molar-refractivity contribution is 6.06. The minimum absolute atomic E-state index is 0.186. The van der Waals surface area contributed by atoms with Crippen LogP contribution in [0.2, 0.25) is 0 Å². The lowest BCUT2D eigenvalue weighted by Crippen LogP contribution is -2.43. The SMILES string of the molecule is CC=CC(=O)N(c1c(C)cccc1C)C1CCOC1=O. The number of benzene rings is 1. The number of aryl methyl sites for hydroxylation is 2. The molecule has 1 saturated heterocycles. The number of allylic oxidation sites excluding steroid dienone is 1. The first-order valence-electron chi connectivity index (χ1n) is 6.75. The molecule has 1 aliphatic rings. The molecule has 0 aromatic heterocycles. The Morgan fingerprint density at radius 2 is 2.00 bits per heavy atom. The highest BCUT2D eigenvalue weighted by Crippen LogP contribution is 2.29. The van der Waals surface area contributed by atoms with Gasteiger partial charge in [-0.25, -0.2) is 4.79 Å². The van der Waals surface area contributed by atoms with Gasteiger partial charge in [0, 0.05) is 6.42 Å². The smallest absolute Gasteiger partial charge is 0.329 e. The van der Waals surface area contributed by atoms with Gasteiger partial charge in [-0.15, -0.1) is 0 Å². The molecule has 4 nitrogen and oxygen atoms in total. The Hall–Kier alpha value is -2.10. The normalized spacial score (nSPS) is 18.4. The van der Waals surface area contributed by atoms with Crippen molar-refractivity contribution in [3.8, 4) is 0 Å². The molecule has 1 unspecified atom stereocenters. The Kier molecular flexibility index (Phi) is 4.23. The fourth-order valence-electron chi connectivity index (χ4n) is 2.55. The Morgan fingerprint density at radius 1 is 1.35 bits per heavy atom. The molecular weight excluding hydrogens is 254 g/mol. The first-order valence-corrected chi connectivity index (χ1v) is 6.75. The first-order chi connectivity index (χ1) is 9.56. The summed E-state index contributed by atoms with van der Waals surface area (Å²) in [4.78, 5) is 25.9. The van der Waals surface area contributed by atoms with Crippen molar-refractivity contribution in [3.63, 3.8) is 0 Å². The van der Waals surface area contributed by atoms with Crippen LogP contribution in [0, 0.1) is 13.8 Å². The number of cyclic esters (lactones) is 1. The van der Waals surface area contributed by atoms with E-state index in [2.05, 4.69) is 0 Å². The number of esters is 1. The third-order valence-electron chi connectivity index (χ3n) is 3.45. The van der Waals surface area contributed by atoms with Crippen LogP contribution in [-0.2, 0) is 14.3 Å². The number of anilines is 1. The molecule has 1 aliphatic heterocycles. The van der Waals surface area contributed by atoms with Crippen LogP contribution in [0.15, 0.2) is 30.4 Å². The molecule has 0 spiro atoms. The van der Waals surface area contributed by atoms with E-state index in [-0.39, 0.29) is 11.9 Å². The van der Waals surface area contributed by atoms with E-state index >= 15 is 0 Å². The molecule has 0 radical (unpaired) electrons. The van der Waals surface area contributed by atoms with E-state index < -0.39 is 6.04 Å². The van der Waals surface area contributed by atoms with Crippen LogP contribution in [0.4, 0.5) is 5.69 Å². The van der Waals surface area contributed by atoms with Crippen molar-refractivity contribution in [2.75, 3.05) is 11.5 Å². The molecule has 1 aromatic rings. The van der Waals surface area contributed by atoms with Gasteiger partial charge in [-0.1, -0.05) is 24.3 Å². The third kappa shape index (κ3) is 2.59. The molecule has 1 heterocycles. The van der Waals surface area contributed by atoms with Crippen molar-refractivity contribution in [1.82, 2.24) is 0 Å². The maximum Gasteiger partial charge on any atom is 0.329 e. The van der Waals surface area contributed by atoms with Crippen LogP contribution >= 0.6 is 0 Å². The van der Waals surface area contributed by atoms with E-state index in [1.54, 1.807) is 17.9 Å². The number of para-hydroxylation sites is 1. The fourth-order valence-corrected chi connectivity index (χ4v) is 2.55. The van der Waals surface area contributed by atoms with Gasteiger partial charge in [0.15, 0.2) is 0 Å². The molecule has 4 heteroatoms. The Bertz CT molecular complexity index is 543. The second-order valence-corrected chi connectivity index (χ2v) is 4.92. The number of amides is 1. The first kappa shape index (κ1) is 14.3. The van der Waals surface area contributed by atoms with Crippen LogP contribution in [0.3, 0.4) is 0 Å². The summed E-state index contributed by atoms with van der Waals surface area (Å²) in [5.41, 5.74) is 2.75. The number of ether oxygens (including phenoxy) is 1. The van der Waals surface area contributed by atoms with Gasteiger partial charge in [0.25, 0.3) is 5.91 Å². The van der Waals surface area contributed by atoms with Gasteiger partial charge in [-0.05, 0) is 38.0 Å². The fraction of sp³-hybridized carbons (Fsp3) is 0.375. The lowest BCUT2D eigenvalue weighted by atomic mass is 10.0. The minimum atomic E-state index is -0.529. The number of carbonyl (C=O) groups excluding carboxylic acids is 2. The molecule has 106 valence electrons. The van der Waals surface area contributed by atoms with E-state index in [4.69, 9.17) is 4.74 Å². The second-order valence-electron chi connectivity index (χ2n) is 4.92. The molecular formula is C16H19NO3. The summed E-state index contributed by atoms with van der Waals surface area (Å²) >= 11 is 0. The molecule has 2 rings (SSSR count). The van der Waals surface area contributed by atoms with Crippen molar-refractivity contribution >= 4 is 17.6 Å². The summed E-state index contributed by atoms with van der Waals surface area (Å²) in [6, 6.07) is 5.30. The average molecular weight is 273 g/mol. The van der Waals surface area contributed by atoms with Gasteiger partial charge in [0.2, 0.25) is 0 Å². The number of carbonyl (C=O) groups is 2. The van der Waals surface area contributed by atoms with Gasteiger partial charge in [0.05, 0.1) is 12.3 Å². The Balaban J connectivity index is 2.51. The summed E-state index contributed by atoms with van der Waals surface area (Å²) in [6.07, 6.45) is 3.70. The van der Waals surface area contributed by atoms with Gasteiger partial charge in [-0.2, -0.15) is 0 Å². The van der Waals surface area contributed by atoms with Crippen molar-refractivity contribution in [3.05, 3.63) is 41.5 Å². The van der Waals surface area contributed by atoms with Gasteiger partial charge >= 0.3 is 5.97 Å². The Labute approximate surface area is 119 Å². The van der Waals surface area contributed by atoms with Gasteiger partial charge < -0.3 is 4.74 Å². The van der Waals surface area contributed by atoms with E-state index in [1.165, 1.54) is 6.08 Å². The zero-order valence-electron chi connectivity index (χ0n) is 12.1. The topological polar surface area (TPSA) is 46.6 Å². The molecule has 1 fully saturated rings. The molecule has 0 aliphatic carbocycles. The molecule has 0 N–H and O–H groups in total. The number of nitrogens with zero attached hydrogens (tertiary/aromatic N) is 1. The molecule has 0 saturated carbocycles. The van der Waals surface area contributed by atoms with E-state index in [0.717, 1.165) is 16.8 Å². The molecule has 1 aromatic carbocycles. The van der Waals surface area contributed by atoms with E-state index in [9.17, 15) is 9.59 Å². The maximum atomic E-state index is 12.4. The van der Waals surface area contributed by atoms with Crippen LogP contribution in [0.25, 0.3) is 0 Å². The van der Waals surface area contributed by atoms with Crippen molar-refractivity contribution in [2.45, 2.75) is 33.2 Å². The number of rotatable bonds is 3. The highest BCUT2D eigenvalue weighted by atomic mass is 16.5. The van der Waals surface area contributed by atoms with Crippen LogP contribution in [0.1, 0.15) is 24.5 Å². The van der Waals surface area contributed by atoms with Gasteiger partial charge in [-0.3, -0.25) is 9.69 Å². The van der Waals surface area contributed by atoms with Crippen LogP contribution in [-0.4, -0.2) is 24.5 Å². The van der Waals surface area contributed by atoms with Crippen molar-refractivity contribution in [1.29, 1.82) is 0 Å². The summed E-state index contributed by atoms with van der Waals surface area (Å²) < 4.78 is 5.02. The summed E-state index contributed by atoms with van der Waals surface area (Å²) in [6.45, 7) is 6.04. The van der Waals surface area contributed by atoms with Crippen LogP contribution < -0.4 is 4.90 Å². The molecule has 20 heavy (non-hydrogen) atoms. The van der Waals surface area contributed by atoms with Gasteiger partial charge in [0.1, 0.15) is 6.04 Å². The summed E-state index contributed by atoms with van der Waals surface area (Å²) in [5.74, 6) is -0.515. The summed E-state index contributed by atoms with van der Waals surface area (Å²) in [5, 5.41) is 0. The number of hydrogen-bond donors (Lipinski definition) is 0. The lowest BCUT2D eigenvalue weighted by molar-refractivity contribution is -0.139. The molecule has 0 bridgehead atoms. The zero-order chi connectivity index (χ0) is 14.7. The van der Waals surface area contributed by atoms with Crippen LogP contribution in [0.5, 0.6) is 0 Å². The maximum absolute atomic E-state index is 12.4. The predicted octanol–water partition coefficient (Wildman–Crippen LogP) is 2.53. The Morgan fingerprint density at radius 3 is 2.50 bits per heavy atom. The van der Waals surface area contributed by atoms with E-state index in [0.29, 0.717) is 13.0 Å². The second kappa shape index (κ2) is 5.90. The van der Waals surface area contributed by atoms with Crippen molar-refractivity contribution in [2.24, 2.45) is 0 Å². The zero-order valence-corrected chi connectivity index (χ0v) is 12.1. The monoisotopic (exact) mass is 273 g/mol. The van der Waals surface area contributed by atoms with Crippen molar-refractivity contribution < 1.29 is 14.3 Å². The summed E-state index contributed by atoms with van der Waals surface area (Å²) in [7, 11) is 0. The standard InChI is InChI=1S/C16H19NO3/c1-4-6-14(18)17(13-9-10-20-16(13)19)15-11(2)7-5-8-12(15)3/h4-8,13H,9-10H2,1-3H3.